The van der Waals surface area contributed by atoms with Gasteiger partial charge in [-0.2, -0.15) is 4.31 Å². The molecular weight excluding hydrogens is 416 g/mol. The molecule has 0 saturated heterocycles. The van der Waals surface area contributed by atoms with Gasteiger partial charge in [0.05, 0.1) is 11.3 Å². The number of hydrogen-bond donors (Lipinski definition) is 1. The molecule has 0 aliphatic heterocycles. The Kier molecular flexibility index (Phi) is 5.63. The number of anilines is 1. The second kappa shape index (κ2) is 8.24. The highest BCUT2D eigenvalue weighted by Crippen LogP contribution is 2.30. The van der Waals surface area contributed by atoms with Crippen LogP contribution in [0, 0.1) is 13.8 Å². The minimum Gasteiger partial charge on any atom is -0.407 e. The summed E-state index contributed by atoms with van der Waals surface area (Å²) in [6, 6.07) is 12.0. The van der Waals surface area contributed by atoms with Gasteiger partial charge in [0.15, 0.2) is 0 Å². The molecule has 0 bridgehead atoms. The third-order valence-electron chi connectivity index (χ3n) is 5.38. The van der Waals surface area contributed by atoms with Gasteiger partial charge in [0.2, 0.25) is 15.9 Å². The van der Waals surface area contributed by atoms with Crippen LogP contribution >= 0.6 is 0 Å². The van der Waals surface area contributed by atoms with Gasteiger partial charge >= 0.3 is 6.01 Å². The fourth-order valence-corrected chi connectivity index (χ4v) is 4.75. The van der Waals surface area contributed by atoms with Gasteiger partial charge < -0.3 is 4.42 Å². The number of carbonyl (C=O) groups excluding carboxylic acids is 1. The molecule has 1 N–H and O–H groups in total. The van der Waals surface area contributed by atoms with E-state index in [1.807, 2.05) is 26.0 Å². The molecule has 4 rings (SSSR count). The van der Waals surface area contributed by atoms with Gasteiger partial charge in [-0.3, -0.25) is 10.1 Å². The summed E-state index contributed by atoms with van der Waals surface area (Å²) >= 11 is 0. The third-order valence-corrected chi connectivity index (χ3v) is 7.31. The average Bonchev–Trinajstić information content (AvgIpc) is 3.50. The molecule has 162 valence electrons. The van der Waals surface area contributed by atoms with Crippen molar-refractivity contribution in [3.05, 3.63) is 70.6 Å². The number of benzene rings is 2. The SMILES string of the molecule is Cc1ccc(Cc2nnc(NC(=O)c3ccc(S(=O)(=O)N(C)C4CC4)cc3)o2)c(C)c1. The maximum Gasteiger partial charge on any atom is 0.322 e. The van der Waals surface area contributed by atoms with E-state index in [9.17, 15) is 13.2 Å². The predicted molar refractivity (Wildman–Crippen MR) is 115 cm³/mol. The zero-order valence-electron chi connectivity index (χ0n) is 17.6. The summed E-state index contributed by atoms with van der Waals surface area (Å²) in [6.07, 6.45) is 2.23. The average molecular weight is 441 g/mol. The molecule has 2 aromatic carbocycles. The number of aryl methyl sites for hydroxylation is 2. The van der Waals surface area contributed by atoms with E-state index in [2.05, 4.69) is 21.6 Å². The smallest absolute Gasteiger partial charge is 0.322 e. The molecule has 8 nitrogen and oxygen atoms in total. The van der Waals surface area contributed by atoms with Crippen molar-refractivity contribution >= 4 is 21.9 Å². The van der Waals surface area contributed by atoms with Crippen LogP contribution in [0.25, 0.3) is 0 Å². The van der Waals surface area contributed by atoms with E-state index in [1.165, 1.54) is 34.1 Å². The van der Waals surface area contributed by atoms with Crippen molar-refractivity contribution in [2.45, 2.75) is 44.0 Å². The summed E-state index contributed by atoms with van der Waals surface area (Å²) in [5.74, 6) is -0.0620. The lowest BCUT2D eigenvalue weighted by molar-refractivity contribution is 0.102. The van der Waals surface area contributed by atoms with Crippen molar-refractivity contribution in [1.82, 2.24) is 14.5 Å². The molecule has 0 radical (unpaired) electrons. The van der Waals surface area contributed by atoms with Crippen LogP contribution in [-0.2, 0) is 16.4 Å². The van der Waals surface area contributed by atoms with Crippen molar-refractivity contribution in [1.29, 1.82) is 0 Å². The standard InChI is InChI=1S/C22H24N4O4S/c1-14-4-5-17(15(2)12-14)13-20-24-25-22(30-20)23-21(27)16-6-10-19(11-7-16)31(28,29)26(3)18-8-9-18/h4-7,10-12,18H,8-9,13H2,1-3H3,(H,23,25,27). The van der Waals surface area contributed by atoms with Crippen LogP contribution < -0.4 is 5.32 Å². The van der Waals surface area contributed by atoms with Crippen LogP contribution in [0.4, 0.5) is 6.01 Å². The number of sulfonamides is 1. The Morgan fingerprint density at radius 3 is 2.48 bits per heavy atom. The maximum absolute atomic E-state index is 12.6. The first kappa shape index (κ1) is 21.2. The van der Waals surface area contributed by atoms with Crippen molar-refractivity contribution in [3.63, 3.8) is 0 Å². The van der Waals surface area contributed by atoms with Gasteiger partial charge in [-0.15, -0.1) is 5.10 Å². The second-order valence-electron chi connectivity index (χ2n) is 7.84. The fraction of sp³-hybridized carbons (Fsp3) is 0.318. The lowest BCUT2D eigenvalue weighted by atomic mass is 10.0. The number of nitrogens with zero attached hydrogens (tertiary/aromatic N) is 3. The number of aromatic nitrogens is 2. The van der Waals surface area contributed by atoms with Crippen LogP contribution in [0.2, 0.25) is 0 Å². The van der Waals surface area contributed by atoms with Gasteiger partial charge in [0.1, 0.15) is 0 Å². The zero-order chi connectivity index (χ0) is 22.2. The number of hydrogen-bond acceptors (Lipinski definition) is 6. The van der Waals surface area contributed by atoms with Crippen molar-refractivity contribution < 1.29 is 17.6 Å². The summed E-state index contributed by atoms with van der Waals surface area (Å²) in [4.78, 5) is 12.6. The molecule has 1 aliphatic rings. The summed E-state index contributed by atoms with van der Waals surface area (Å²) in [5.41, 5.74) is 3.67. The van der Waals surface area contributed by atoms with Gasteiger partial charge in [0.25, 0.3) is 5.91 Å². The molecule has 31 heavy (non-hydrogen) atoms. The molecule has 0 unspecified atom stereocenters. The lowest BCUT2D eigenvalue weighted by Crippen LogP contribution is -2.29. The summed E-state index contributed by atoms with van der Waals surface area (Å²) < 4.78 is 32.1. The summed E-state index contributed by atoms with van der Waals surface area (Å²) in [6.45, 7) is 4.05. The molecule has 1 saturated carbocycles. The number of nitrogens with one attached hydrogen (secondary N) is 1. The molecule has 9 heteroatoms. The Hall–Kier alpha value is -3.04. The highest BCUT2D eigenvalue weighted by Gasteiger charge is 2.35. The number of rotatable bonds is 7. The van der Waals surface area contributed by atoms with Crippen molar-refractivity contribution in [3.8, 4) is 0 Å². The minimum atomic E-state index is -3.55. The Bertz CT molecular complexity index is 1210. The largest absolute Gasteiger partial charge is 0.407 e. The second-order valence-corrected chi connectivity index (χ2v) is 9.84. The van der Waals surface area contributed by atoms with E-state index >= 15 is 0 Å². The first-order valence-electron chi connectivity index (χ1n) is 10.0. The van der Waals surface area contributed by atoms with E-state index in [0.717, 1.165) is 24.0 Å². The monoisotopic (exact) mass is 440 g/mol. The van der Waals surface area contributed by atoms with E-state index in [-0.39, 0.29) is 17.0 Å². The Labute approximate surface area is 181 Å². The molecular formula is C22H24N4O4S. The predicted octanol–water partition coefficient (Wildman–Crippen LogP) is 3.31. The first-order valence-corrected chi connectivity index (χ1v) is 11.5. The van der Waals surface area contributed by atoms with Gasteiger partial charge in [-0.25, -0.2) is 8.42 Å². The number of carbonyl (C=O) groups is 1. The highest BCUT2D eigenvalue weighted by atomic mass is 32.2. The fourth-order valence-electron chi connectivity index (χ4n) is 3.33. The zero-order valence-corrected chi connectivity index (χ0v) is 18.4. The topological polar surface area (TPSA) is 105 Å². The third kappa shape index (κ3) is 4.67. The van der Waals surface area contributed by atoms with Gasteiger partial charge in [-0.05, 0) is 62.1 Å². The van der Waals surface area contributed by atoms with E-state index < -0.39 is 15.9 Å². The Morgan fingerprint density at radius 2 is 1.84 bits per heavy atom. The summed E-state index contributed by atoms with van der Waals surface area (Å²) in [5, 5.41) is 10.4. The molecule has 1 amide bonds. The summed E-state index contributed by atoms with van der Waals surface area (Å²) in [7, 11) is -1.97. The molecule has 1 heterocycles. The molecule has 1 fully saturated rings. The Morgan fingerprint density at radius 1 is 1.13 bits per heavy atom. The van der Waals surface area contributed by atoms with E-state index in [4.69, 9.17) is 4.42 Å². The number of amides is 1. The minimum absolute atomic E-state index is 0.00469. The van der Waals surface area contributed by atoms with Crippen LogP contribution in [0.5, 0.6) is 0 Å². The molecule has 1 aromatic heterocycles. The van der Waals surface area contributed by atoms with E-state index in [1.54, 1.807) is 7.05 Å². The molecule has 1 aliphatic carbocycles. The molecule has 0 atom stereocenters. The van der Waals surface area contributed by atoms with Gasteiger partial charge in [-0.1, -0.05) is 28.9 Å². The quantitative estimate of drug-likeness (QED) is 0.604. The van der Waals surface area contributed by atoms with Crippen molar-refractivity contribution in [2.75, 3.05) is 12.4 Å². The highest BCUT2D eigenvalue weighted by molar-refractivity contribution is 7.89. The Balaban J connectivity index is 1.41. The first-order chi connectivity index (χ1) is 14.7. The lowest BCUT2D eigenvalue weighted by Gasteiger charge is -2.16. The van der Waals surface area contributed by atoms with E-state index in [0.29, 0.717) is 17.9 Å². The van der Waals surface area contributed by atoms with Crippen LogP contribution in [0.3, 0.4) is 0 Å². The van der Waals surface area contributed by atoms with Crippen LogP contribution in [-0.4, -0.2) is 41.9 Å². The normalized spacial score (nSPS) is 14.1. The van der Waals surface area contributed by atoms with Crippen molar-refractivity contribution in [2.24, 2.45) is 0 Å². The molecule has 0 spiro atoms. The maximum atomic E-state index is 12.6. The molecule has 3 aromatic rings. The van der Waals surface area contributed by atoms with Crippen LogP contribution in [0.15, 0.2) is 51.8 Å². The van der Waals surface area contributed by atoms with Gasteiger partial charge in [0, 0.05) is 18.7 Å². The van der Waals surface area contributed by atoms with Crippen LogP contribution in [0.1, 0.15) is 45.8 Å².